The van der Waals surface area contributed by atoms with Crippen LogP contribution in [-0.4, -0.2) is 24.8 Å². The highest BCUT2D eigenvalue weighted by atomic mass is 16.5. The zero-order valence-electron chi connectivity index (χ0n) is 14.4. The molecule has 0 unspecified atom stereocenters. The second-order valence-electron chi connectivity index (χ2n) is 6.87. The van der Waals surface area contributed by atoms with E-state index in [9.17, 15) is 10.1 Å². The van der Waals surface area contributed by atoms with Gasteiger partial charge in [-0.2, -0.15) is 5.26 Å². The smallest absolute Gasteiger partial charge is 0.324 e. The standard InChI is InChI=1S/C19H25NO3/c1-5-22-17(21)16(12-20)19(10-11-23-18(3,4)13-19)15-8-6-14(2)7-9-15/h6-9,16H,5,10-11,13H2,1-4H3/t16-,19-/m0/s1. The largest absolute Gasteiger partial charge is 0.465 e. The van der Waals surface area contributed by atoms with Crippen molar-refractivity contribution < 1.29 is 14.3 Å². The van der Waals surface area contributed by atoms with E-state index in [0.29, 0.717) is 19.4 Å². The van der Waals surface area contributed by atoms with Gasteiger partial charge in [0.05, 0.1) is 18.3 Å². The van der Waals surface area contributed by atoms with E-state index < -0.39 is 17.3 Å². The zero-order valence-corrected chi connectivity index (χ0v) is 14.4. The summed E-state index contributed by atoms with van der Waals surface area (Å²) in [5.41, 5.74) is 1.21. The minimum absolute atomic E-state index is 0.279. The molecule has 1 aromatic carbocycles. The van der Waals surface area contributed by atoms with Gasteiger partial charge in [0.15, 0.2) is 5.92 Å². The average molecular weight is 315 g/mol. The van der Waals surface area contributed by atoms with Gasteiger partial charge in [0.1, 0.15) is 0 Å². The van der Waals surface area contributed by atoms with Crippen molar-refractivity contribution >= 4 is 5.97 Å². The number of esters is 1. The molecule has 1 saturated heterocycles. The number of aryl methyl sites for hydroxylation is 1. The molecule has 0 bridgehead atoms. The van der Waals surface area contributed by atoms with Crippen LogP contribution in [0.1, 0.15) is 44.7 Å². The van der Waals surface area contributed by atoms with Crippen molar-refractivity contribution in [3.05, 3.63) is 35.4 Å². The predicted molar refractivity (Wildman–Crippen MR) is 87.9 cm³/mol. The van der Waals surface area contributed by atoms with Gasteiger partial charge in [-0.05, 0) is 46.1 Å². The van der Waals surface area contributed by atoms with Gasteiger partial charge >= 0.3 is 5.97 Å². The lowest BCUT2D eigenvalue weighted by Crippen LogP contribution is -2.50. The molecule has 1 fully saturated rings. The Morgan fingerprint density at radius 2 is 2.04 bits per heavy atom. The van der Waals surface area contributed by atoms with Crippen LogP contribution < -0.4 is 0 Å². The fraction of sp³-hybridized carbons (Fsp3) is 0.579. The van der Waals surface area contributed by atoms with Gasteiger partial charge < -0.3 is 9.47 Å². The summed E-state index contributed by atoms with van der Waals surface area (Å²) in [6.45, 7) is 8.61. The Kier molecular flexibility index (Phi) is 5.11. The van der Waals surface area contributed by atoms with Crippen LogP contribution in [0.4, 0.5) is 0 Å². The van der Waals surface area contributed by atoms with Gasteiger partial charge in [-0.15, -0.1) is 0 Å². The topological polar surface area (TPSA) is 59.3 Å². The molecular formula is C19H25NO3. The Bertz CT molecular complexity index is 600. The number of benzene rings is 1. The molecule has 1 aliphatic heterocycles. The van der Waals surface area contributed by atoms with Crippen molar-refractivity contribution in [2.75, 3.05) is 13.2 Å². The van der Waals surface area contributed by atoms with E-state index in [4.69, 9.17) is 9.47 Å². The first-order chi connectivity index (χ1) is 10.8. The molecule has 0 N–H and O–H groups in total. The summed E-state index contributed by atoms with van der Waals surface area (Å²) in [4.78, 5) is 12.4. The van der Waals surface area contributed by atoms with Crippen LogP contribution >= 0.6 is 0 Å². The molecule has 0 amide bonds. The summed E-state index contributed by atoms with van der Waals surface area (Å²) >= 11 is 0. The number of hydrogen-bond donors (Lipinski definition) is 0. The summed E-state index contributed by atoms with van der Waals surface area (Å²) < 4.78 is 11.0. The highest BCUT2D eigenvalue weighted by molar-refractivity contribution is 5.77. The lowest BCUT2D eigenvalue weighted by molar-refractivity contribution is -0.153. The number of nitrogens with zero attached hydrogens (tertiary/aromatic N) is 1. The lowest BCUT2D eigenvalue weighted by atomic mass is 9.62. The van der Waals surface area contributed by atoms with Crippen molar-refractivity contribution in [3.63, 3.8) is 0 Å². The number of carbonyl (C=O) groups excluding carboxylic acids is 1. The van der Waals surface area contributed by atoms with Crippen molar-refractivity contribution in [3.8, 4) is 6.07 Å². The van der Waals surface area contributed by atoms with Crippen LogP contribution in [0.5, 0.6) is 0 Å². The normalized spacial score (nSPS) is 24.5. The average Bonchev–Trinajstić information content (AvgIpc) is 2.47. The van der Waals surface area contributed by atoms with E-state index in [0.717, 1.165) is 11.1 Å². The maximum atomic E-state index is 12.4. The van der Waals surface area contributed by atoms with Crippen molar-refractivity contribution in [2.24, 2.45) is 5.92 Å². The number of ether oxygens (including phenoxy) is 2. The van der Waals surface area contributed by atoms with E-state index >= 15 is 0 Å². The number of nitriles is 1. The molecule has 0 saturated carbocycles. The quantitative estimate of drug-likeness (QED) is 0.798. The molecule has 0 aromatic heterocycles. The molecule has 2 atom stereocenters. The minimum Gasteiger partial charge on any atom is -0.465 e. The monoisotopic (exact) mass is 315 g/mol. The third kappa shape index (κ3) is 3.56. The first-order valence-electron chi connectivity index (χ1n) is 8.12. The van der Waals surface area contributed by atoms with E-state index in [1.54, 1.807) is 6.92 Å². The predicted octanol–water partition coefficient (Wildman–Crippen LogP) is 3.52. The van der Waals surface area contributed by atoms with Crippen molar-refractivity contribution in [1.29, 1.82) is 5.26 Å². The van der Waals surface area contributed by atoms with Crippen molar-refractivity contribution in [1.82, 2.24) is 0 Å². The molecule has 0 radical (unpaired) electrons. The first kappa shape index (κ1) is 17.5. The van der Waals surface area contributed by atoms with Crippen LogP contribution in [0, 0.1) is 24.2 Å². The van der Waals surface area contributed by atoms with Crippen molar-refractivity contribution in [2.45, 2.75) is 51.6 Å². The number of carbonyl (C=O) groups is 1. The molecular weight excluding hydrogens is 290 g/mol. The Balaban J connectivity index is 2.52. The van der Waals surface area contributed by atoms with Crippen LogP contribution in [0.15, 0.2) is 24.3 Å². The Hall–Kier alpha value is -1.86. The van der Waals surface area contributed by atoms with Crippen LogP contribution in [0.3, 0.4) is 0 Å². The van der Waals surface area contributed by atoms with E-state index in [1.165, 1.54) is 0 Å². The molecule has 2 rings (SSSR count). The fourth-order valence-electron chi connectivity index (χ4n) is 3.58. The minimum atomic E-state index is -0.826. The zero-order chi connectivity index (χ0) is 17.1. The summed E-state index contributed by atoms with van der Waals surface area (Å²) in [6.07, 6.45) is 1.25. The molecule has 0 spiro atoms. The number of hydrogen-bond acceptors (Lipinski definition) is 4. The van der Waals surface area contributed by atoms with E-state index in [1.807, 2.05) is 45.0 Å². The van der Waals surface area contributed by atoms with Gasteiger partial charge in [-0.25, -0.2) is 0 Å². The molecule has 1 aromatic rings. The molecule has 4 nitrogen and oxygen atoms in total. The molecule has 124 valence electrons. The van der Waals surface area contributed by atoms with Crippen LogP contribution in [-0.2, 0) is 19.7 Å². The maximum absolute atomic E-state index is 12.4. The molecule has 23 heavy (non-hydrogen) atoms. The fourth-order valence-corrected chi connectivity index (χ4v) is 3.58. The summed E-state index contributed by atoms with van der Waals surface area (Å²) in [5, 5.41) is 9.74. The highest BCUT2D eigenvalue weighted by Gasteiger charge is 2.51. The lowest BCUT2D eigenvalue weighted by Gasteiger charge is -2.46. The Morgan fingerprint density at radius 1 is 1.39 bits per heavy atom. The van der Waals surface area contributed by atoms with Gasteiger partial charge in [-0.1, -0.05) is 29.8 Å². The first-order valence-corrected chi connectivity index (χ1v) is 8.12. The van der Waals surface area contributed by atoms with E-state index in [2.05, 4.69) is 6.07 Å². The van der Waals surface area contributed by atoms with Gasteiger partial charge in [0.2, 0.25) is 0 Å². The van der Waals surface area contributed by atoms with E-state index in [-0.39, 0.29) is 12.2 Å². The Labute approximate surface area is 138 Å². The maximum Gasteiger partial charge on any atom is 0.324 e. The molecule has 1 heterocycles. The summed E-state index contributed by atoms with van der Waals surface area (Å²) in [5.74, 6) is -1.26. The highest BCUT2D eigenvalue weighted by Crippen LogP contribution is 2.47. The third-order valence-electron chi connectivity index (χ3n) is 4.61. The second-order valence-corrected chi connectivity index (χ2v) is 6.87. The number of rotatable bonds is 4. The van der Waals surface area contributed by atoms with Crippen LogP contribution in [0.25, 0.3) is 0 Å². The van der Waals surface area contributed by atoms with Gasteiger partial charge in [0, 0.05) is 12.0 Å². The van der Waals surface area contributed by atoms with Crippen LogP contribution in [0.2, 0.25) is 0 Å². The Morgan fingerprint density at radius 3 is 2.57 bits per heavy atom. The molecule has 1 aliphatic rings. The second kappa shape index (κ2) is 6.72. The molecule has 4 heteroatoms. The molecule has 0 aliphatic carbocycles. The SMILES string of the molecule is CCOC(=O)[C@H](C#N)[C@@]1(c2ccc(C)cc2)CCOC(C)(C)C1. The summed E-state index contributed by atoms with van der Waals surface area (Å²) in [7, 11) is 0. The van der Waals surface area contributed by atoms with Gasteiger partial charge in [0.25, 0.3) is 0 Å². The summed E-state index contributed by atoms with van der Waals surface area (Å²) in [6, 6.07) is 10.3. The third-order valence-corrected chi connectivity index (χ3v) is 4.61. The van der Waals surface area contributed by atoms with Gasteiger partial charge in [-0.3, -0.25) is 4.79 Å².